The van der Waals surface area contributed by atoms with Crippen molar-refractivity contribution in [2.75, 3.05) is 6.61 Å². The van der Waals surface area contributed by atoms with E-state index in [1.807, 2.05) is 0 Å². The van der Waals surface area contributed by atoms with Crippen molar-refractivity contribution in [1.29, 1.82) is 0 Å². The number of halogens is 3. The minimum absolute atomic E-state index is 0.00846. The van der Waals surface area contributed by atoms with Crippen molar-refractivity contribution in [3.8, 4) is 0 Å². The van der Waals surface area contributed by atoms with Gasteiger partial charge in [-0.15, -0.1) is 0 Å². The molecule has 0 aliphatic heterocycles. The van der Waals surface area contributed by atoms with E-state index in [2.05, 4.69) is 0 Å². The number of hydrogen-bond donors (Lipinski definition) is 0. The summed E-state index contributed by atoms with van der Waals surface area (Å²) in [5.74, 6) is -0.171. The summed E-state index contributed by atoms with van der Waals surface area (Å²) in [6, 6.07) is 3.08. The maximum atomic E-state index is 12.1. The summed E-state index contributed by atoms with van der Waals surface area (Å²) in [7, 11) is 0. The molecule has 122 valence electrons. The molecular weight excluding hydrogens is 347 g/mol. The molecule has 0 bridgehead atoms. The van der Waals surface area contributed by atoms with Gasteiger partial charge in [-0.2, -0.15) is 0 Å². The van der Waals surface area contributed by atoms with Crippen molar-refractivity contribution in [3.05, 3.63) is 32.8 Å². The first-order chi connectivity index (χ1) is 10.5. The number of benzene rings is 1. The van der Waals surface area contributed by atoms with E-state index >= 15 is 0 Å². The molecule has 0 amide bonds. The molecule has 0 heterocycles. The Kier molecular flexibility index (Phi) is 8.84. The Balaban J connectivity index is 2.28. The zero-order valence-corrected chi connectivity index (χ0v) is 14.7. The Bertz CT molecular complexity index is 506. The van der Waals surface area contributed by atoms with Crippen molar-refractivity contribution < 1.29 is 14.3 Å². The summed E-state index contributed by atoms with van der Waals surface area (Å²) in [5, 5.41) is 0.831. The summed E-state index contributed by atoms with van der Waals surface area (Å²) < 4.78 is 4.85. The number of ketones is 1. The molecule has 1 aromatic carbocycles. The van der Waals surface area contributed by atoms with Crippen LogP contribution < -0.4 is 0 Å². The van der Waals surface area contributed by atoms with Crippen molar-refractivity contribution in [2.24, 2.45) is 0 Å². The van der Waals surface area contributed by atoms with E-state index in [1.54, 1.807) is 19.1 Å². The van der Waals surface area contributed by atoms with Crippen molar-refractivity contribution >= 4 is 46.6 Å². The Morgan fingerprint density at radius 3 is 2.05 bits per heavy atom. The Hall–Kier alpha value is -0.770. The first-order valence-corrected chi connectivity index (χ1v) is 8.42. The molecule has 0 N–H and O–H groups in total. The van der Waals surface area contributed by atoms with Crippen molar-refractivity contribution in [2.45, 2.75) is 45.4 Å². The van der Waals surface area contributed by atoms with Crippen LogP contribution in [0.5, 0.6) is 0 Å². The van der Waals surface area contributed by atoms with Crippen LogP contribution in [0.15, 0.2) is 12.1 Å². The SMILES string of the molecule is CCOC(=O)CCCCCCC(=O)c1cc(Cl)c(Cl)c(Cl)c1. The van der Waals surface area contributed by atoms with Gasteiger partial charge in [-0.25, -0.2) is 0 Å². The maximum absolute atomic E-state index is 12.1. The smallest absolute Gasteiger partial charge is 0.305 e. The number of hydrogen-bond acceptors (Lipinski definition) is 3. The molecule has 0 spiro atoms. The molecule has 0 unspecified atom stereocenters. The number of Topliss-reactive ketones (excluding diaryl/α,β-unsaturated/α-hetero) is 1. The predicted octanol–water partition coefficient (Wildman–Crippen LogP) is 5.73. The number of esters is 1. The van der Waals surface area contributed by atoms with Gasteiger partial charge in [0.2, 0.25) is 0 Å². The molecule has 0 aliphatic carbocycles. The standard InChI is InChI=1S/C16H19Cl3O3/c1-2-22-15(21)8-6-4-3-5-7-14(20)11-9-12(17)16(19)13(18)10-11/h9-10H,2-8H2,1H3. The summed E-state index contributed by atoms with van der Waals surface area (Å²) >= 11 is 17.7. The lowest BCUT2D eigenvalue weighted by atomic mass is 10.0. The normalized spacial score (nSPS) is 10.5. The minimum atomic E-state index is -0.163. The van der Waals surface area contributed by atoms with Crippen LogP contribution in [0.4, 0.5) is 0 Å². The fourth-order valence-corrected chi connectivity index (χ4v) is 2.60. The van der Waals surface area contributed by atoms with Crippen LogP contribution in [0.1, 0.15) is 55.8 Å². The van der Waals surface area contributed by atoms with Crippen molar-refractivity contribution in [3.63, 3.8) is 0 Å². The molecule has 1 rings (SSSR count). The topological polar surface area (TPSA) is 43.4 Å². The van der Waals surface area contributed by atoms with Crippen LogP contribution in [0, 0.1) is 0 Å². The van der Waals surface area contributed by atoms with Crippen LogP contribution in [-0.4, -0.2) is 18.4 Å². The quantitative estimate of drug-likeness (QED) is 0.243. The van der Waals surface area contributed by atoms with E-state index in [0.717, 1.165) is 25.7 Å². The number of carbonyl (C=O) groups excluding carboxylic acids is 2. The molecule has 0 saturated heterocycles. The van der Waals surface area contributed by atoms with Gasteiger partial charge in [-0.05, 0) is 31.9 Å². The lowest BCUT2D eigenvalue weighted by Crippen LogP contribution is -2.03. The summed E-state index contributed by atoms with van der Waals surface area (Å²) in [5.41, 5.74) is 0.478. The third-order valence-electron chi connectivity index (χ3n) is 3.15. The second kappa shape index (κ2) is 10.1. The zero-order valence-electron chi connectivity index (χ0n) is 12.5. The van der Waals surface area contributed by atoms with Gasteiger partial charge in [0.25, 0.3) is 0 Å². The highest BCUT2D eigenvalue weighted by Crippen LogP contribution is 2.31. The Morgan fingerprint density at radius 2 is 1.50 bits per heavy atom. The second-order valence-corrected chi connectivity index (χ2v) is 6.09. The van der Waals surface area contributed by atoms with E-state index in [0.29, 0.717) is 25.0 Å². The Labute approximate surface area is 145 Å². The van der Waals surface area contributed by atoms with E-state index in [-0.39, 0.29) is 26.8 Å². The van der Waals surface area contributed by atoms with E-state index in [1.165, 1.54) is 0 Å². The maximum Gasteiger partial charge on any atom is 0.305 e. The van der Waals surface area contributed by atoms with Gasteiger partial charge in [-0.3, -0.25) is 9.59 Å². The highest BCUT2D eigenvalue weighted by molar-refractivity contribution is 6.48. The second-order valence-electron chi connectivity index (χ2n) is 4.90. The van der Waals surface area contributed by atoms with Crippen LogP contribution >= 0.6 is 34.8 Å². The highest BCUT2D eigenvalue weighted by atomic mass is 35.5. The average molecular weight is 366 g/mol. The number of carbonyl (C=O) groups is 2. The molecule has 0 atom stereocenters. The van der Waals surface area contributed by atoms with Crippen LogP contribution in [0.2, 0.25) is 15.1 Å². The fraction of sp³-hybridized carbons (Fsp3) is 0.500. The molecular formula is C16H19Cl3O3. The lowest BCUT2D eigenvalue weighted by molar-refractivity contribution is -0.143. The predicted molar refractivity (Wildman–Crippen MR) is 90.1 cm³/mol. The van der Waals surface area contributed by atoms with Crippen LogP contribution in [-0.2, 0) is 9.53 Å². The molecule has 0 fully saturated rings. The van der Waals surface area contributed by atoms with Gasteiger partial charge >= 0.3 is 5.97 Å². The summed E-state index contributed by atoms with van der Waals surface area (Å²) in [4.78, 5) is 23.2. The van der Waals surface area contributed by atoms with E-state index < -0.39 is 0 Å². The summed E-state index contributed by atoms with van der Waals surface area (Å²) in [6.07, 6.45) is 4.19. The van der Waals surface area contributed by atoms with Crippen LogP contribution in [0.3, 0.4) is 0 Å². The molecule has 1 aromatic rings. The van der Waals surface area contributed by atoms with Gasteiger partial charge in [0.1, 0.15) is 0 Å². The number of ether oxygens (including phenoxy) is 1. The zero-order chi connectivity index (χ0) is 16.5. The first-order valence-electron chi connectivity index (χ1n) is 7.29. The van der Waals surface area contributed by atoms with Gasteiger partial charge in [-0.1, -0.05) is 47.6 Å². The fourth-order valence-electron chi connectivity index (χ4n) is 2.00. The van der Waals surface area contributed by atoms with Crippen molar-refractivity contribution in [1.82, 2.24) is 0 Å². The third-order valence-corrected chi connectivity index (χ3v) is 4.34. The molecule has 22 heavy (non-hydrogen) atoms. The highest BCUT2D eigenvalue weighted by Gasteiger charge is 2.11. The van der Waals surface area contributed by atoms with Gasteiger partial charge < -0.3 is 4.74 Å². The van der Waals surface area contributed by atoms with Gasteiger partial charge in [0.05, 0.1) is 21.7 Å². The molecule has 6 heteroatoms. The number of rotatable bonds is 9. The molecule has 0 saturated carbocycles. The molecule has 0 aromatic heterocycles. The first kappa shape index (κ1) is 19.3. The van der Waals surface area contributed by atoms with Crippen LogP contribution in [0.25, 0.3) is 0 Å². The third kappa shape index (κ3) is 6.55. The summed E-state index contributed by atoms with van der Waals surface area (Å²) in [6.45, 7) is 2.21. The monoisotopic (exact) mass is 364 g/mol. The molecule has 0 radical (unpaired) electrons. The van der Waals surface area contributed by atoms with E-state index in [9.17, 15) is 9.59 Å². The minimum Gasteiger partial charge on any atom is -0.466 e. The van der Waals surface area contributed by atoms with Gasteiger partial charge in [0.15, 0.2) is 5.78 Å². The molecule has 3 nitrogen and oxygen atoms in total. The number of unbranched alkanes of at least 4 members (excludes halogenated alkanes) is 3. The Morgan fingerprint density at radius 1 is 0.955 bits per heavy atom. The largest absolute Gasteiger partial charge is 0.466 e. The lowest BCUT2D eigenvalue weighted by Gasteiger charge is -2.05. The van der Waals surface area contributed by atoms with E-state index in [4.69, 9.17) is 39.5 Å². The average Bonchev–Trinajstić information content (AvgIpc) is 2.47. The van der Waals surface area contributed by atoms with Gasteiger partial charge in [0, 0.05) is 18.4 Å². The molecule has 0 aliphatic rings.